The molecule has 6 heteroatoms. The van der Waals surface area contributed by atoms with Crippen LogP contribution in [0.5, 0.6) is 0 Å². The second kappa shape index (κ2) is 26.9. The molecule has 0 amide bonds. The van der Waals surface area contributed by atoms with E-state index in [1.165, 1.54) is 139 Å². The quantitative estimate of drug-likeness (QED) is 0.0523. The van der Waals surface area contributed by atoms with Gasteiger partial charge in [0, 0.05) is 0 Å². The molecule has 32 heavy (non-hydrogen) atoms. The lowest BCUT2D eigenvalue weighted by Gasteiger charge is -2.07. The Morgan fingerprint density at radius 2 is 0.688 bits per heavy atom. The average molecular weight is 489 g/mol. The Bertz CT molecular complexity index is 406. The van der Waals surface area contributed by atoms with Crippen molar-refractivity contribution in [2.45, 2.75) is 142 Å². The van der Waals surface area contributed by atoms with Crippen LogP contribution in [-0.2, 0) is 0 Å². The first-order valence-electron chi connectivity index (χ1n) is 13.5. The maximum absolute atomic E-state index is 9.33. The van der Waals surface area contributed by atoms with Crippen molar-refractivity contribution in [3.63, 3.8) is 0 Å². The van der Waals surface area contributed by atoms with Gasteiger partial charge in [0.1, 0.15) is 0 Å². The van der Waals surface area contributed by atoms with Crippen LogP contribution in [0.1, 0.15) is 142 Å². The largest absolute Gasteiger partial charge is 0.410 e. The van der Waals surface area contributed by atoms with E-state index in [4.69, 9.17) is 0 Å². The summed E-state index contributed by atoms with van der Waals surface area (Å²) < 4.78 is 0. The lowest BCUT2D eigenvalue weighted by Crippen LogP contribution is -2.08. The number of hydrogen-bond acceptors (Lipinski definition) is 6. The molecule has 0 saturated carbocycles. The molecule has 0 unspecified atom stereocenters. The van der Waals surface area contributed by atoms with Crippen LogP contribution < -0.4 is 0 Å². The topological polar surface area (TPSA) is 65.2 Å². The maximum Gasteiger partial charge on any atom is 0.171 e. The highest BCUT2D eigenvalue weighted by molar-refractivity contribution is 8.25. The van der Waals surface area contributed by atoms with Gasteiger partial charge in [0.15, 0.2) is 10.1 Å². The van der Waals surface area contributed by atoms with Crippen molar-refractivity contribution in [3.8, 4) is 0 Å². The molecule has 0 heterocycles. The molecule has 0 aliphatic carbocycles. The highest BCUT2D eigenvalue weighted by atomic mass is 32.2. The average Bonchev–Trinajstić information content (AvgIpc) is 2.81. The second-order valence-corrected chi connectivity index (χ2v) is 11.0. The summed E-state index contributed by atoms with van der Waals surface area (Å²) in [6, 6.07) is 0. The van der Waals surface area contributed by atoms with E-state index >= 15 is 0 Å². The van der Waals surface area contributed by atoms with Crippen molar-refractivity contribution in [1.29, 1.82) is 0 Å². The molecule has 2 N–H and O–H groups in total. The van der Waals surface area contributed by atoms with Gasteiger partial charge in [0.25, 0.3) is 0 Å². The highest BCUT2D eigenvalue weighted by Gasteiger charge is 2.12. The zero-order valence-corrected chi connectivity index (χ0v) is 22.8. The predicted molar refractivity (Wildman–Crippen MR) is 147 cm³/mol. The lowest BCUT2D eigenvalue weighted by atomic mass is 10.1. The van der Waals surface area contributed by atoms with Crippen molar-refractivity contribution in [2.75, 3.05) is 11.5 Å². The Labute approximate surface area is 207 Å². The molecule has 0 aromatic carbocycles. The molecule has 0 saturated heterocycles. The van der Waals surface area contributed by atoms with Gasteiger partial charge < -0.3 is 10.4 Å². The summed E-state index contributed by atoms with van der Waals surface area (Å²) >= 11 is 3.01. The zero-order chi connectivity index (χ0) is 23.5. The number of thioether (sulfide) groups is 2. The van der Waals surface area contributed by atoms with Crippen LogP contribution in [0.4, 0.5) is 0 Å². The first-order chi connectivity index (χ1) is 15.8. The standard InChI is InChI=1S/C26H52N2O2S2/c1-3-5-7-9-11-13-15-17-19-21-23-31-25(27-29)26(28-30)32-24-22-20-18-16-14-12-10-8-6-4-2/h29-30H,3-24H2,1-2H3. The summed E-state index contributed by atoms with van der Waals surface area (Å²) in [6.07, 6.45) is 26.3. The number of oxime groups is 2. The molecule has 0 aromatic rings. The first-order valence-corrected chi connectivity index (χ1v) is 15.5. The molecule has 0 aliphatic heterocycles. The molecule has 0 rings (SSSR count). The minimum atomic E-state index is 0.459. The van der Waals surface area contributed by atoms with Gasteiger partial charge in [-0.25, -0.2) is 0 Å². The Morgan fingerprint density at radius 1 is 0.438 bits per heavy atom. The van der Waals surface area contributed by atoms with Gasteiger partial charge in [-0.1, -0.05) is 140 Å². The predicted octanol–water partition coefficient (Wildman–Crippen LogP) is 9.87. The van der Waals surface area contributed by atoms with Gasteiger partial charge in [0.2, 0.25) is 0 Å². The Balaban J connectivity index is 3.64. The van der Waals surface area contributed by atoms with Crippen LogP contribution in [0.15, 0.2) is 10.3 Å². The van der Waals surface area contributed by atoms with Gasteiger partial charge in [-0.3, -0.25) is 0 Å². The molecule has 0 aromatic heterocycles. The van der Waals surface area contributed by atoms with E-state index in [1.54, 1.807) is 0 Å². The summed E-state index contributed by atoms with van der Waals surface area (Å²) in [6.45, 7) is 4.52. The minimum absolute atomic E-state index is 0.459. The van der Waals surface area contributed by atoms with Crippen LogP contribution in [0.2, 0.25) is 0 Å². The third-order valence-corrected chi connectivity index (χ3v) is 8.05. The van der Waals surface area contributed by atoms with Crippen molar-refractivity contribution in [1.82, 2.24) is 0 Å². The van der Waals surface area contributed by atoms with E-state index in [-0.39, 0.29) is 0 Å². The van der Waals surface area contributed by atoms with E-state index in [1.807, 2.05) is 0 Å². The van der Waals surface area contributed by atoms with E-state index in [0.717, 1.165) is 24.3 Å². The van der Waals surface area contributed by atoms with E-state index in [9.17, 15) is 10.4 Å². The molecule has 0 fully saturated rings. The monoisotopic (exact) mass is 488 g/mol. The molecular weight excluding hydrogens is 436 g/mol. The fourth-order valence-electron chi connectivity index (χ4n) is 3.78. The van der Waals surface area contributed by atoms with Gasteiger partial charge in [0.05, 0.1) is 0 Å². The summed E-state index contributed by atoms with van der Waals surface area (Å²) in [5, 5.41) is 26.3. The number of rotatable bonds is 22. The Hall–Kier alpha value is -0.360. The molecule has 0 atom stereocenters. The Kier molecular flexibility index (Phi) is 26.6. The summed E-state index contributed by atoms with van der Waals surface area (Å²) in [5.74, 6) is 1.82. The fraction of sp³-hybridized carbons (Fsp3) is 0.923. The fourth-order valence-corrected chi connectivity index (χ4v) is 5.66. The van der Waals surface area contributed by atoms with Crippen molar-refractivity contribution in [3.05, 3.63) is 0 Å². The highest BCUT2D eigenvalue weighted by Crippen LogP contribution is 2.19. The van der Waals surface area contributed by atoms with E-state index in [0.29, 0.717) is 10.1 Å². The van der Waals surface area contributed by atoms with Gasteiger partial charge in [-0.15, -0.1) is 23.5 Å². The maximum atomic E-state index is 9.33. The van der Waals surface area contributed by atoms with Crippen LogP contribution >= 0.6 is 23.5 Å². The van der Waals surface area contributed by atoms with E-state index < -0.39 is 0 Å². The first kappa shape index (κ1) is 31.6. The molecule has 0 radical (unpaired) electrons. The summed E-state index contributed by atoms with van der Waals surface area (Å²) in [7, 11) is 0. The molecule has 4 nitrogen and oxygen atoms in total. The van der Waals surface area contributed by atoms with Gasteiger partial charge in [-0.2, -0.15) is 0 Å². The molecular formula is C26H52N2O2S2. The van der Waals surface area contributed by atoms with Crippen LogP contribution in [0.3, 0.4) is 0 Å². The van der Waals surface area contributed by atoms with Gasteiger partial charge >= 0.3 is 0 Å². The van der Waals surface area contributed by atoms with Crippen LogP contribution in [0.25, 0.3) is 0 Å². The number of hydrogen-bond donors (Lipinski definition) is 2. The lowest BCUT2D eigenvalue weighted by molar-refractivity contribution is 0.316. The summed E-state index contributed by atoms with van der Waals surface area (Å²) in [5.41, 5.74) is 0. The second-order valence-electron chi connectivity index (χ2n) is 8.87. The number of unbranched alkanes of at least 4 members (excludes halogenated alkanes) is 18. The van der Waals surface area contributed by atoms with Crippen LogP contribution in [-0.4, -0.2) is 32.0 Å². The zero-order valence-electron chi connectivity index (χ0n) is 21.2. The number of nitrogens with zero attached hydrogens (tertiary/aromatic N) is 2. The minimum Gasteiger partial charge on any atom is -0.410 e. The summed E-state index contributed by atoms with van der Waals surface area (Å²) in [4.78, 5) is 0. The molecule has 0 spiro atoms. The molecule has 0 bridgehead atoms. The van der Waals surface area contributed by atoms with Crippen LogP contribution in [0, 0.1) is 0 Å². The third-order valence-electron chi connectivity index (χ3n) is 5.84. The van der Waals surface area contributed by atoms with E-state index in [2.05, 4.69) is 24.2 Å². The van der Waals surface area contributed by atoms with Crippen molar-refractivity contribution < 1.29 is 10.4 Å². The van der Waals surface area contributed by atoms with Gasteiger partial charge in [-0.05, 0) is 24.3 Å². The molecule has 0 aliphatic rings. The third kappa shape index (κ3) is 21.5. The SMILES string of the molecule is CCCCCCCCCCCCSC(=NO)C(=NO)SCCCCCCCCCCCC. The Morgan fingerprint density at radius 3 is 0.938 bits per heavy atom. The van der Waals surface area contributed by atoms with Crippen molar-refractivity contribution in [2.24, 2.45) is 10.3 Å². The smallest absolute Gasteiger partial charge is 0.171 e. The van der Waals surface area contributed by atoms with Crippen molar-refractivity contribution >= 4 is 33.6 Å². The normalized spacial score (nSPS) is 12.6. The molecule has 190 valence electrons.